The zero-order chi connectivity index (χ0) is 34.8. The average Bonchev–Trinajstić information content (AvgIpc) is 3.48. The minimum absolute atomic E-state index is 0.0818. The summed E-state index contributed by atoms with van der Waals surface area (Å²) in [6.45, 7) is 15.8. The number of esters is 1. The number of ether oxygens (including phenoxy) is 5. The van der Waals surface area contributed by atoms with Gasteiger partial charge in [-0.15, -0.1) is 0 Å². The van der Waals surface area contributed by atoms with Gasteiger partial charge in [0.25, 0.3) is 0 Å². The number of hydrogen-bond acceptors (Lipinski definition) is 11. The molecule has 48 heavy (non-hydrogen) atoms. The third-order valence-corrected chi connectivity index (χ3v) is 15.6. The molecule has 7 fully saturated rings. The maximum atomic E-state index is 12.9. The molecular formula is C37H56O11. The van der Waals surface area contributed by atoms with Crippen molar-refractivity contribution in [2.75, 3.05) is 6.61 Å². The summed E-state index contributed by atoms with van der Waals surface area (Å²) < 4.78 is 32.1. The molecule has 0 amide bonds. The van der Waals surface area contributed by atoms with Crippen molar-refractivity contribution in [1.29, 1.82) is 0 Å². The van der Waals surface area contributed by atoms with Gasteiger partial charge in [0.15, 0.2) is 12.1 Å². The fourth-order valence-corrected chi connectivity index (χ4v) is 13.5. The molecule has 11 heteroatoms. The van der Waals surface area contributed by atoms with E-state index >= 15 is 0 Å². The second-order valence-corrected chi connectivity index (χ2v) is 18.5. The highest BCUT2D eigenvalue weighted by Crippen LogP contribution is 2.89. The van der Waals surface area contributed by atoms with Crippen molar-refractivity contribution in [3.8, 4) is 0 Å². The molecule has 5 aliphatic carbocycles. The number of fused-ring (bicyclic) bond motifs is 4. The van der Waals surface area contributed by atoms with Gasteiger partial charge in [-0.3, -0.25) is 4.79 Å². The summed E-state index contributed by atoms with van der Waals surface area (Å²) in [7, 11) is 0. The topological polar surface area (TPSA) is 164 Å². The van der Waals surface area contributed by atoms with Gasteiger partial charge in [-0.05, 0) is 75.0 Å². The van der Waals surface area contributed by atoms with Gasteiger partial charge in [0.1, 0.15) is 36.6 Å². The van der Waals surface area contributed by atoms with Crippen LogP contribution in [0.4, 0.5) is 0 Å². The average molecular weight is 677 g/mol. The van der Waals surface area contributed by atoms with Crippen LogP contribution in [0.5, 0.6) is 0 Å². The third kappa shape index (κ3) is 3.84. The fourth-order valence-electron chi connectivity index (χ4n) is 13.5. The molecule has 270 valence electrons. The lowest BCUT2D eigenvalue weighted by molar-refractivity contribution is -0.301. The molecule has 11 nitrogen and oxygen atoms in total. The van der Waals surface area contributed by atoms with Crippen LogP contribution in [0.3, 0.4) is 0 Å². The standard InChI is InChI=1S/C37H56O11/c1-17-13-20-28(32(5,6)43)48-37(47-20)27(17)34(8)24(45-18(2)38)14-36-16-35(36)12-11-23(46-29-26(41)25(40)19(39)15-44-29)31(3,4)21(35)9-10-22(36)33(34,7)30(37)42/h10,17,19-21,23-30,39-43H,9,11-16H2,1-8H3/t17-,19-,20-,21+,23+,24-,25+,26-,27?,28+,29+,30-,33-,34-,35-,36+,37+/m1/s1. The van der Waals surface area contributed by atoms with Crippen LogP contribution in [0.1, 0.15) is 93.9 Å². The van der Waals surface area contributed by atoms with Crippen LogP contribution in [-0.2, 0) is 28.5 Å². The highest BCUT2D eigenvalue weighted by Gasteiger charge is 2.89. The summed E-state index contributed by atoms with van der Waals surface area (Å²) in [6, 6.07) is 0. The molecule has 4 saturated carbocycles. The molecule has 8 aliphatic rings. The first-order chi connectivity index (χ1) is 22.2. The van der Waals surface area contributed by atoms with Crippen molar-refractivity contribution in [1.82, 2.24) is 0 Å². The highest BCUT2D eigenvalue weighted by molar-refractivity contribution is 5.66. The Morgan fingerprint density at radius 2 is 1.75 bits per heavy atom. The van der Waals surface area contributed by atoms with Crippen molar-refractivity contribution in [2.45, 2.75) is 160 Å². The van der Waals surface area contributed by atoms with E-state index in [0.29, 0.717) is 19.3 Å². The summed E-state index contributed by atoms with van der Waals surface area (Å²) in [6.07, 6.45) is -0.692. The second kappa shape index (κ2) is 10.0. The minimum Gasteiger partial charge on any atom is -0.462 e. The Labute approximate surface area is 283 Å². The second-order valence-electron chi connectivity index (χ2n) is 18.5. The predicted octanol–water partition coefficient (Wildman–Crippen LogP) is 2.58. The Kier molecular flexibility index (Phi) is 7.10. The van der Waals surface area contributed by atoms with Gasteiger partial charge in [0, 0.05) is 29.1 Å². The number of rotatable bonds is 4. The number of aliphatic hydroxyl groups is 5. The number of aliphatic hydroxyl groups excluding tert-OH is 4. The van der Waals surface area contributed by atoms with Gasteiger partial charge in [-0.25, -0.2) is 0 Å². The monoisotopic (exact) mass is 676 g/mol. The van der Waals surface area contributed by atoms with Crippen LogP contribution in [0.15, 0.2) is 11.6 Å². The molecule has 0 radical (unpaired) electrons. The first-order valence-corrected chi connectivity index (χ1v) is 18.2. The highest BCUT2D eigenvalue weighted by atomic mass is 16.8. The Morgan fingerprint density at radius 1 is 1.04 bits per heavy atom. The van der Waals surface area contributed by atoms with Crippen LogP contribution >= 0.6 is 0 Å². The quantitative estimate of drug-likeness (QED) is 0.220. The van der Waals surface area contributed by atoms with E-state index in [1.807, 2.05) is 0 Å². The maximum absolute atomic E-state index is 12.9. The van der Waals surface area contributed by atoms with Crippen molar-refractivity contribution < 1.29 is 54.0 Å². The Hall–Kier alpha value is -1.15. The lowest BCUT2D eigenvalue weighted by Gasteiger charge is -2.62. The van der Waals surface area contributed by atoms with Crippen molar-refractivity contribution >= 4 is 5.97 Å². The van der Waals surface area contributed by atoms with Crippen LogP contribution in [0, 0.1) is 44.8 Å². The summed E-state index contributed by atoms with van der Waals surface area (Å²) in [5.74, 6) is -1.68. The smallest absolute Gasteiger partial charge is 0.302 e. The van der Waals surface area contributed by atoms with E-state index < -0.39 is 65.1 Å². The van der Waals surface area contributed by atoms with Gasteiger partial charge < -0.3 is 49.2 Å². The molecule has 3 spiro atoms. The summed E-state index contributed by atoms with van der Waals surface area (Å²) in [4.78, 5) is 12.9. The van der Waals surface area contributed by atoms with Crippen LogP contribution in [0.25, 0.3) is 0 Å². The minimum atomic E-state index is -1.35. The zero-order valence-corrected chi connectivity index (χ0v) is 29.6. The van der Waals surface area contributed by atoms with E-state index in [1.54, 1.807) is 13.8 Å². The predicted molar refractivity (Wildman–Crippen MR) is 170 cm³/mol. The molecule has 8 rings (SSSR count). The molecule has 17 atom stereocenters. The molecule has 1 unspecified atom stereocenters. The third-order valence-electron chi connectivity index (χ3n) is 15.6. The van der Waals surface area contributed by atoms with Crippen molar-refractivity contribution in [3.63, 3.8) is 0 Å². The molecule has 3 aliphatic heterocycles. The summed E-state index contributed by atoms with van der Waals surface area (Å²) in [5, 5.41) is 54.9. The van der Waals surface area contributed by atoms with Crippen LogP contribution < -0.4 is 0 Å². The zero-order valence-electron chi connectivity index (χ0n) is 29.6. The Bertz CT molecular complexity index is 1410. The van der Waals surface area contributed by atoms with Gasteiger partial charge in [-0.2, -0.15) is 0 Å². The Morgan fingerprint density at radius 3 is 2.42 bits per heavy atom. The SMILES string of the molecule is CC(=O)O[C@@H]1C[C@@]23C[C@@]24CC[C@H](O[C@@H]2OC[C@@H](O)[C@H](O)[C@H]2O)C(C)(C)[C@@H]4CC=C3[C@]2(C)[C@@H](O)[C@]34O[C@H](C[C@@H](C)C3[C@@]12C)[C@@H](C(C)(C)O)O4. The van der Waals surface area contributed by atoms with E-state index in [1.165, 1.54) is 12.5 Å². The van der Waals surface area contributed by atoms with Crippen molar-refractivity contribution in [3.05, 3.63) is 11.6 Å². The normalized spacial score (nSPS) is 57.7. The molecule has 2 bridgehead atoms. The largest absolute Gasteiger partial charge is 0.462 e. The fraction of sp³-hybridized carbons (Fsp3) is 0.919. The number of carbonyl (C=O) groups is 1. The first kappa shape index (κ1) is 34.0. The number of hydrogen-bond donors (Lipinski definition) is 5. The summed E-state index contributed by atoms with van der Waals surface area (Å²) >= 11 is 0. The molecular weight excluding hydrogens is 620 g/mol. The van der Waals surface area contributed by atoms with E-state index in [9.17, 15) is 30.3 Å². The van der Waals surface area contributed by atoms with Gasteiger partial charge in [0.05, 0.1) is 24.4 Å². The lowest BCUT2D eigenvalue weighted by atomic mass is 9.44. The number of allylic oxidation sites excluding steroid dienone is 1. The molecule has 0 aromatic heterocycles. The Balaban J connectivity index is 1.19. The van der Waals surface area contributed by atoms with Crippen LogP contribution in [-0.4, -0.2) is 105 Å². The van der Waals surface area contributed by atoms with E-state index in [-0.39, 0.29) is 58.8 Å². The van der Waals surface area contributed by atoms with Gasteiger partial charge in [-0.1, -0.05) is 46.3 Å². The maximum Gasteiger partial charge on any atom is 0.302 e. The van der Waals surface area contributed by atoms with E-state index in [2.05, 4.69) is 40.7 Å². The van der Waals surface area contributed by atoms with E-state index in [4.69, 9.17) is 23.7 Å². The molecule has 3 saturated heterocycles. The van der Waals surface area contributed by atoms with Crippen LogP contribution in [0.2, 0.25) is 0 Å². The molecule has 3 heterocycles. The van der Waals surface area contributed by atoms with E-state index in [0.717, 1.165) is 19.3 Å². The summed E-state index contributed by atoms with van der Waals surface area (Å²) in [5.41, 5.74) is -2.22. The molecule has 0 aromatic carbocycles. The lowest BCUT2D eigenvalue weighted by Crippen LogP contribution is -2.62. The number of carbonyl (C=O) groups excluding carboxylic acids is 1. The van der Waals surface area contributed by atoms with Crippen molar-refractivity contribution in [2.24, 2.45) is 44.8 Å². The molecule has 0 aromatic rings. The van der Waals surface area contributed by atoms with Gasteiger partial charge in [0.2, 0.25) is 0 Å². The first-order valence-electron chi connectivity index (χ1n) is 18.2. The molecule has 5 N–H and O–H groups in total. The van der Waals surface area contributed by atoms with Gasteiger partial charge >= 0.3 is 5.97 Å².